The first-order valence-corrected chi connectivity index (χ1v) is 3.16. The molecule has 1 aliphatic heterocycles. The Morgan fingerprint density at radius 3 is 2.22 bits per heavy atom. The fraction of sp³-hybridized carbons (Fsp3) is 1.00. The van der Waals surface area contributed by atoms with E-state index >= 15 is 0 Å². The van der Waals surface area contributed by atoms with Crippen molar-refractivity contribution in [3.63, 3.8) is 0 Å². The van der Waals surface area contributed by atoms with Crippen LogP contribution in [0.4, 0.5) is 4.39 Å². The summed E-state index contributed by atoms with van der Waals surface area (Å²) >= 11 is 0. The molecule has 0 aromatic rings. The molecule has 0 amide bonds. The van der Waals surface area contributed by atoms with Gasteiger partial charge in [-0.05, 0) is 6.42 Å². The van der Waals surface area contributed by atoms with Gasteiger partial charge < -0.3 is 5.32 Å². The van der Waals surface area contributed by atoms with Crippen LogP contribution in [-0.2, 0) is 0 Å². The van der Waals surface area contributed by atoms with Gasteiger partial charge in [-0.25, -0.2) is 4.39 Å². The third-order valence-corrected chi connectivity index (χ3v) is 1.58. The molecule has 0 aliphatic carbocycles. The summed E-state index contributed by atoms with van der Waals surface area (Å²) in [4.78, 5) is 0. The summed E-state index contributed by atoms with van der Waals surface area (Å²) in [5.41, 5.74) is -0.839. The molecule has 0 saturated carbocycles. The summed E-state index contributed by atoms with van der Waals surface area (Å²) < 4.78 is 12.8. The lowest BCUT2D eigenvalue weighted by atomic mass is 9.94. The predicted octanol–water partition coefficient (Wildman–Crippen LogP) is 1.52. The van der Waals surface area contributed by atoms with Crippen LogP contribution in [0.2, 0.25) is 0 Å². The van der Waals surface area contributed by atoms with Crippen LogP contribution in [-0.4, -0.2) is 18.8 Å². The lowest BCUT2D eigenvalue weighted by Crippen LogP contribution is -2.56. The molecule has 0 bridgehead atoms. The zero-order valence-corrected chi connectivity index (χ0v) is 6.43. The maximum atomic E-state index is 12.8. The second-order valence-corrected chi connectivity index (χ2v) is 2.50. The Labute approximate surface area is 61.4 Å². The van der Waals surface area contributed by atoms with Gasteiger partial charge in [-0.15, -0.1) is 12.4 Å². The summed E-state index contributed by atoms with van der Waals surface area (Å²) in [6.45, 7) is 3.15. The Balaban J connectivity index is 0.000000640. The molecule has 1 saturated heterocycles. The molecule has 56 valence electrons. The van der Waals surface area contributed by atoms with Gasteiger partial charge in [0.2, 0.25) is 0 Å². The summed E-state index contributed by atoms with van der Waals surface area (Å²) in [7, 11) is 0. The lowest BCUT2D eigenvalue weighted by Gasteiger charge is -2.34. The first kappa shape index (κ1) is 9.18. The van der Waals surface area contributed by atoms with Crippen LogP contribution in [0.1, 0.15) is 19.8 Å². The Kier molecular flexibility index (Phi) is 3.44. The number of nitrogens with one attached hydrogen (secondary N) is 1. The van der Waals surface area contributed by atoms with E-state index in [1.54, 1.807) is 0 Å². The Morgan fingerprint density at radius 2 is 2.11 bits per heavy atom. The van der Waals surface area contributed by atoms with E-state index in [9.17, 15) is 4.39 Å². The van der Waals surface area contributed by atoms with E-state index in [1.807, 2.05) is 6.92 Å². The van der Waals surface area contributed by atoms with Gasteiger partial charge in [0.25, 0.3) is 0 Å². The largest absolute Gasteiger partial charge is 0.310 e. The SMILES string of the molecule is CCCC1(F)CNC1.Cl. The van der Waals surface area contributed by atoms with E-state index < -0.39 is 5.67 Å². The van der Waals surface area contributed by atoms with Crippen molar-refractivity contribution in [2.24, 2.45) is 0 Å². The van der Waals surface area contributed by atoms with E-state index in [4.69, 9.17) is 0 Å². The van der Waals surface area contributed by atoms with Gasteiger partial charge in [0.05, 0.1) is 0 Å². The highest BCUT2D eigenvalue weighted by molar-refractivity contribution is 5.85. The molecule has 0 aromatic heterocycles. The number of hydrogen-bond acceptors (Lipinski definition) is 1. The van der Waals surface area contributed by atoms with Crippen molar-refractivity contribution in [1.82, 2.24) is 5.32 Å². The lowest BCUT2D eigenvalue weighted by molar-refractivity contribution is 0.0797. The zero-order valence-electron chi connectivity index (χ0n) is 5.61. The minimum Gasteiger partial charge on any atom is -0.310 e. The van der Waals surface area contributed by atoms with Crippen molar-refractivity contribution in [3.8, 4) is 0 Å². The van der Waals surface area contributed by atoms with Gasteiger partial charge in [0.15, 0.2) is 0 Å². The van der Waals surface area contributed by atoms with Crippen LogP contribution >= 0.6 is 12.4 Å². The van der Waals surface area contributed by atoms with Crippen molar-refractivity contribution in [1.29, 1.82) is 0 Å². The van der Waals surface area contributed by atoms with Crippen LogP contribution in [0.15, 0.2) is 0 Å². The number of alkyl halides is 1. The topological polar surface area (TPSA) is 12.0 Å². The minimum absolute atomic E-state index is 0. The monoisotopic (exact) mass is 153 g/mol. The molecule has 1 fully saturated rings. The van der Waals surface area contributed by atoms with Gasteiger partial charge in [-0.2, -0.15) is 0 Å². The Morgan fingerprint density at radius 1 is 1.56 bits per heavy atom. The van der Waals surface area contributed by atoms with Gasteiger partial charge in [0.1, 0.15) is 5.67 Å². The van der Waals surface area contributed by atoms with Crippen LogP contribution in [0.3, 0.4) is 0 Å². The Bertz CT molecular complexity index is 83.1. The quantitative estimate of drug-likeness (QED) is 0.635. The zero-order chi connectivity index (χ0) is 6.04. The molecule has 1 heterocycles. The molecular weight excluding hydrogens is 141 g/mol. The van der Waals surface area contributed by atoms with Crippen LogP contribution in [0.25, 0.3) is 0 Å². The highest BCUT2D eigenvalue weighted by Gasteiger charge is 2.35. The summed E-state index contributed by atoms with van der Waals surface area (Å²) in [5, 5.41) is 2.91. The van der Waals surface area contributed by atoms with Crippen molar-refractivity contribution in [2.75, 3.05) is 13.1 Å². The second kappa shape index (κ2) is 3.37. The van der Waals surface area contributed by atoms with E-state index in [2.05, 4.69) is 5.32 Å². The minimum atomic E-state index is -0.839. The van der Waals surface area contributed by atoms with E-state index in [0.717, 1.165) is 12.8 Å². The summed E-state index contributed by atoms with van der Waals surface area (Å²) in [6, 6.07) is 0. The third kappa shape index (κ3) is 2.11. The van der Waals surface area contributed by atoms with Crippen molar-refractivity contribution >= 4 is 12.4 Å². The van der Waals surface area contributed by atoms with Crippen molar-refractivity contribution in [2.45, 2.75) is 25.4 Å². The van der Waals surface area contributed by atoms with E-state index in [0.29, 0.717) is 13.1 Å². The molecule has 1 nitrogen and oxygen atoms in total. The smallest absolute Gasteiger partial charge is 0.135 e. The maximum Gasteiger partial charge on any atom is 0.135 e. The molecular formula is C6H13ClFN. The fourth-order valence-electron chi connectivity index (χ4n) is 1.02. The van der Waals surface area contributed by atoms with Gasteiger partial charge in [0, 0.05) is 13.1 Å². The van der Waals surface area contributed by atoms with Gasteiger partial charge in [-0.1, -0.05) is 13.3 Å². The molecule has 1 rings (SSSR count). The average molecular weight is 154 g/mol. The number of halogens is 2. The molecule has 1 N–H and O–H groups in total. The van der Waals surface area contributed by atoms with Crippen LogP contribution in [0, 0.1) is 0 Å². The first-order valence-electron chi connectivity index (χ1n) is 3.16. The molecule has 3 heteroatoms. The van der Waals surface area contributed by atoms with E-state index in [-0.39, 0.29) is 12.4 Å². The van der Waals surface area contributed by atoms with Crippen molar-refractivity contribution < 1.29 is 4.39 Å². The maximum absolute atomic E-state index is 12.8. The molecule has 9 heavy (non-hydrogen) atoms. The third-order valence-electron chi connectivity index (χ3n) is 1.58. The summed E-state index contributed by atoms with van der Waals surface area (Å²) in [5.74, 6) is 0. The molecule has 0 spiro atoms. The molecule has 1 aliphatic rings. The van der Waals surface area contributed by atoms with Gasteiger partial charge >= 0.3 is 0 Å². The molecule has 0 aromatic carbocycles. The van der Waals surface area contributed by atoms with Gasteiger partial charge in [-0.3, -0.25) is 0 Å². The number of rotatable bonds is 2. The normalized spacial score (nSPS) is 22.0. The Hall–Kier alpha value is 0.180. The predicted molar refractivity (Wildman–Crippen MR) is 38.9 cm³/mol. The highest BCUT2D eigenvalue weighted by Crippen LogP contribution is 2.21. The van der Waals surface area contributed by atoms with Crippen LogP contribution < -0.4 is 5.32 Å². The highest BCUT2D eigenvalue weighted by atomic mass is 35.5. The first-order chi connectivity index (χ1) is 3.77. The van der Waals surface area contributed by atoms with Crippen molar-refractivity contribution in [3.05, 3.63) is 0 Å². The average Bonchev–Trinajstić information content (AvgIpc) is 1.64. The second-order valence-electron chi connectivity index (χ2n) is 2.50. The van der Waals surface area contributed by atoms with Crippen LogP contribution in [0.5, 0.6) is 0 Å². The summed E-state index contributed by atoms with van der Waals surface area (Å²) in [6.07, 6.45) is 1.68. The molecule has 0 radical (unpaired) electrons. The molecule has 0 unspecified atom stereocenters. The fourth-order valence-corrected chi connectivity index (χ4v) is 1.02. The number of hydrogen-bond donors (Lipinski definition) is 1. The molecule has 0 atom stereocenters. The standard InChI is InChI=1S/C6H12FN.ClH/c1-2-3-6(7)4-8-5-6;/h8H,2-5H2,1H3;1H. The van der Waals surface area contributed by atoms with E-state index in [1.165, 1.54) is 0 Å².